The molecule has 3 heteroatoms. The number of benzene rings is 1. The van der Waals surface area contributed by atoms with Crippen molar-refractivity contribution < 1.29 is 9.53 Å². The summed E-state index contributed by atoms with van der Waals surface area (Å²) in [6, 6.07) is 10.3. The molecule has 0 unspecified atom stereocenters. The van der Waals surface area contributed by atoms with Crippen LogP contribution in [0.3, 0.4) is 0 Å². The van der Waals surface area contributed by atoms with Crippen molar-refractivity contribution in [1.29, 1.82) is 0 Å². The van der Waals surface area contributed by atoms with Crippen LogP contribution in [0.5, 0.6) is 0 Å². The lowest BCUT2D eigenvalue weighted by atomic mass is 9.78. The molecule has 2 aliphatic rings. The van der Waals surface area contributed by atoms with Crippen molar-refractivity contribution in [2.45, 2.75) is 64.4 Å². The maximum absolute atomic E-state index is 12.9. The largest absolute Gasteiger partial charge is 0.454 e. The van der Waals surface area contributed by atoms with Gasteiger partial charge in [-0.2, -0.15) is 0 Å². The molecule has 1 aromatic rings. The quantitative estimate of drug-likeness (QED) is 0.790. The highest BCUT2D eigenvalue weighted by molar-refractivity contribution is 5.73. The molecule has 3 rings (SSSR count). The minimum absolute atomic E-state index is 0.0359. The molecule has 1 aromatic carbocycles. The van der Waals surface area contributed by atoms with Crippen molar-refractivity contribution in [3.05, 3.63) is 35.9 Å². The highest BCUT2D eigenvalue weighted by atomic mass is 16.6. The van der Waals surface area contributed by atoms with E-state index in [1.165, 1.54) is 19.3 Å². The Morgan fingerprint density at radius 1 is 1.12 bits per heavy atom. The molecule has 1 saturated carbocycles. The average Bonchev–Trinajstić information content (AvgIpc) is 2.63. The van der Waals surface area contributed by atoms with E-state index in [0.29, 0.717) is 0 Å². The fraction of sp³-hybridized carbons (Fsp3) is 0.682. The van der Waals surface area contributed by atoms with Crippen molar-refractivity contribution in [3.63, 3.8) is 0 Å². The maximum atomic E-state index is 12.9. The molecule has 2 fully saturated rings. The Bertz CT molecular complexity index is 540. The van der Waals surface area contributed by atoms with Gasteiger partial charge in [0.15, 0.2) is 0 Å². The fourth-order valence-corrected chi connectivity index (χ4v) is 4.60. The second-order valence-electron chi connectivity index (χ2n) is 8.38. The summed E-state index contributed by atoms with van der Waals surface area (Å²) in [5.41, 5.74) is 0.719. The molecule has 0 bridgehead atoms. The minimum atomic E-state index is -0.432. The topological polar surface area (TPSA) is 38.3 Å². The molecule has 3 nitrogen and oxygen atoms in total. The van der Waals surface area contributed by atoms with E-state index in [1.54, 1.807) is 0 Å². The number of esters is 1. The summed E-state index contributed by atoms with van der Waals surface area (Å²) < 4.78 is 6.24. The smallest absolute Gasteiger partial charge is 0.309 e. The Hall–Kier alpha value is -1.35. The standard InChI is InChI=1S/C22H33NO2/c1-17(2)16-18-8-10-19(11-9-18)21(24)25-22(12-14-23-15-13-22)20-6-4-3-5-7-20/h3-7,17-19,23H,8-16H2,1-2H3. The summed E-state index contributed by atoms with van der Waals surface area (Å²) in [7, 11) is 0. The average molecular weight is 344 g/mol. The summed E-state index contributed by atoms with van der Waals surface area (Å²) in [5.74, 6) is 1.68. The van der Waals surface area contributed by atoms with Crippen LogP contribution < -0.4 is 5.32 Å². The lowest BCUT2D eigenvalue weighted by Crippen LogP contribution is -2.44. The zero-order chi connectivity index (χ0) is 17.7. The Morgan fingerprint density at radius 3 is 2.36 bits per heavy atom. The number of ether oxygens (including phenoxy) is 1. The number of hydrogen-bond donors (Lipinski definition) is 1. The zero-order valence-electron chi connectivity index (χ0n) is 15.8. The normalized spacial score (nSPS) is 26.4. The molecule has 0 atom stereocenters. The van der Waals surface area contributed by atoms with Gasteiger partial charge in [-0.3, -0.25) is 4.79 Å². The van der Waals surface area contributed by atoms with Gasteiger partial charge in [-0.05, 0) is 62.6 Å². The molecule has 138 valence electrons. The van der Waals surface area contributed by atoms with Gasteiger partial charge in [0.05, 0.1) is 5.92 Å². The zero-order valence-corrected chi connectivity index (χ0v) is 15.8. The molecule has 1 aliphatic heterocycles. The maximum Gasteiger partial charge on any atom is 0.309 e. The molecule has 1 saturated heterocycles. The third kappa shape index (κ3) is 4.63. The molecule has 1 heterocycles. The van der Waals surface area contributed by atoms with Gasteiger partial charge in [0.1, 0.15) is 5.60 Å². The van der Waals surface area contributed by atoms with Crippen LogP contribution in [0.2, 0.25) is 0 Å². The van der Waals surface area contributed by atoms with Crippen LogP contribution >= 0.6 is 0 Å². The number of nitrogens with one attached hydrogen (secondary N) is 1. The van der Waals surface area contributed by atoms with Crippen molar-refractivity contribution in [1.82, 2.24) is 5.32 Å². The van der Waals surface area contributed by atoms with Crippen LogP contribution in [-0.2, 0) is 15.1 Å². The summed E-state index contributed by atoms with van der Waals surface area (Å²) in [5, 5.41) is 3.39. The Kier molecular flexibility index (Phi) is 6.16. The minimum Gasteiger partial charge on any atom is -0.454 e. The molecule has 1 N–H and O–H groups in total. The van der Waals surface area contributed by atoms with Crippen LogP contribution in [0, 0.1) is 17.8 Å². The van der Waals surface area contributed by atoms with E-state index in [2.05, 4.69) is 31.3 Å². The Labute approximate surface area is 152 Å². The first-order valence-electron chi connectivity index (χ1n) is 10.1. The number of rotatable bonds is 5. The van der Waals surface area contributed by atoms with E-state index in [0.717, 1.165) is 56.2 Å². The van der Waals surface area contributed by atoms with Crippen LogP contribution in [0.25, 0.3) is 0 Å². The number of piperidine rings is 1. The van der Waals surface area contributed by atoms with E-state index in [9.17, 15) is 4.79 Å². The lowest BCUT2D eigenvalue weighted by Gasteiger charge is -2.39. The summed E-state index contributed by atoms with van der Waals surface area (Å²) in [6.45, 7) is 6.40. The van der Waals surface area contributed by atoms with Crippen LogP contribution in [0.4, 0.5) is 0 Å². The first kappa shape index (κ1) is 18.4. The van der Waals surface area contributed by atoms with Crippen molar-refractivity contribution in [2.24, 2.45) is 17.8 Å². The number of carbonyl (C=O) groups excluding carboxylic acids is 1. The number of hydrogen-bond acceptors (Lipinski definition) is 3. The predicted octanol–water partition coefficient (Wildman–Crippen LogP) is 4.66. The van der Waals surface area contributed by atoms with E-state index >= 15 is 0 Å². The van der Waals surface area contributed by atoms with Crippen LogP contribution in [0.15, 0.2) is 30.3 Å². The molecular formula is C22H33NO2. The van der Waals surface area contributed by atoms with Gasteiger partial charge in [-0.1, -0.05) is 44.2 Å². The lowest BCUT2D eigenvalue weighted by molar-refractivity contribution is -0.171. The summed E-state index contributed by atoms with van der Waals surface area (Å²) >= 11 is 0. The molecule has 0 aromatic heterocycles. The van der Waals surface area contributed by atoms with E-state index in [-0.39, 0.29) is 11.9 Å². The third-order valence-corrected chi connectivity index (χ3v) is 5.99. The van der Waals surface area contributed by atoms with Gasteiger partial charge in [0.2, 0.25) is 0 Å². The second kappa shape index (κ2) is 8.35. The van der Waals surface area contributed by atoms with Crippen molar-refractivity contribution in [3.8, 4) is 0 Å². The molecule has 0 spiro atoms. The van der Waals surface area contributed by atoms with Gasteiger partial charge >= 0.3 is 5.97 Å². The fourth-order valence-electron chi connectivity index (χ4n) is 4.60. The number of carbonyl (C=O) groups is 1. The first-order chi connectivity index (χ1) is 12.1. The third-order valence-electron chi connectivity index (χ3n) is 5.99. The summed E-state index contributed by atoms with van der Waals surface area (Å²) in [4.78, 5) is 12.9. The Morgan fingerprint density at radius 2 is 1.76 bits per heavy atom. The van der Waals surface area contributed by atoms with Gasteiger partial charge in [-0.15, -0.1) is 0 Å². The SMILES string of the molecule is CC(C)CC1CCC(C(=O)OC2(c3ccccc3)CCNCC2)CC1. The highest BCUT2D eigenvalue weighted by Crippen LogP contribution is 2.38. The molecule has 1 aliphatic carbocycles. The molecular weight excluding hydrogens is 310 g/mol. The van der Waals surface area contributed by atoms with Crippen molar-refractivity contribution >= 4 is 5.97 Å². The first-order valence-corrected chi connectivity index (χ1v) is 10.1. The molecule has 25 heavy (non-hydrogen) atoms. The van der Waals surface area contributed by atoms with Crippen LogP contribution in [-0.4, -0.2) is 19.1 Å². The van der Waals surface area contributed by atoms with Gasteiger partial charge in [0, 0.05) is 12.8 Å². The monoisotopic (exact) mass is 343 g/mol. The van der Waals surface area contributed by atoms with Gasteiger partial charge in [0.25, 0.3) is 0 Å². The molecule has 0 radical (unpaired) electrons. The van der Waals surface area contributed by atoms with Crippen molar-refractivity contribution in [2.75, 3.05) is 13.1 Å². The van der Waals surface area contributed by atoms with E-state index < -0.39 is 5.60 Å². The van der Waals surface area contributed by atoms with Gasteiger partial charge in [-0.25, -0.2) is 0 Å². The van der Waals surface area contributed by atoms with E-state index in [1.807, 2.05) is 18.2 Å². The van der Waals surface area contributed by atoms with E-state index in [4.69, 9.17) is 4.74 Å². The predicted molar refractivity (Wildman–Crippen MR) is 101 cm³/mol. The Balaban J connectivity index is 1.64. The highest BCUT2D eigenvalue weighted by Gasteiger charge is 2.40. The van der Waals surface area contributed by atoms with Gasteiger partial charge < -0.3 is 10.1 Å². The van der Waals surface area contributed by atoms with Crippen LogP contribution in [0.1, 0.15) is 64.4 Å². The summed E-state index contributed by atoms with van der Waals surface area (Å²) in [6.07, 6.45) is 7.38. The second-order valence-corrected chi connectivity index (χ2v) is 8.38. The molecule has 0 amide bonds.